The van der Waals surface area contributed by atoms with Crippen LogP contribution in [0.25, 0.3) is 10.4 Å². The Labute approximate surface area is 114 Å². The highest BCUT2D eigenvalue weighted by molar-refractivity contribution is 7.14. The molecule has 0 aliphatic heterocycles. The molecule has 0 saturated carbocycles. The van der Waals surface area contributed by atoms with Crippen LogP contribution in [-0.4, -0.2) is 4.98 Å². The fraction of sp³-hybridized carbons (Fsp3) is 0. The Morgan fingerprint density at radius 2 is 1.94 bits per heavy atom. The molecular weight excluding hydrogens is 264 g/mol. The van der Waals surface area contributed by atoms with E-state index in [9.17, 15) is 0 Å². The Morgan fingerprint density at radius 1 is 1.11 bits per heavy atom. The fourth-order valence-electron chi connectivity index (χ4n) is 1.73. The van der Waals surface area contributed by atoms with Crippen molar-refractivity contribution < 1.29 is 0 Å². The van der Waals surface area contributed by atoms with Crippen molar-refractivity contribution in [3.63, 3.8) is 0 Å². The van der Waals surface area contributed by atoms with Gasteiger partial charge in [0.1, 0.15) is 5.82 Å². The lowest BCUT2D eigenvalue weighted by molar-refractivity contribution is 1.38. The minimum atomic E-state index is 0.764. The van der Waals surface area contributed by atoms with Crippen molar-refractivity contribution in [2.24, 2.45) is 0 Å². The maximum absolute atomic E-state index is 5.89. The van der Waals surface area contributed by atoms with Crippen molar-refractivity contribution >= 4 is 34.4 Å². The van der Waals surface area contributed by atoms with Gasteiger partial charge in [0.15, 0.2) is 0 Å². The number of hydrogen-bond acceptors (Lipinski definition) is 2. The van der Waals surface area contributed by atoms with Gasteiger partial charge in [-0.15, -0.1) is 11.3 Å². The van der Waals surface area contributed by atoms with E-state index in [1.54, 1.807) is 11.3 Å². The molecule has 0 radical (unpaired) electrons. The zero-order valence-corrected chi connectivity index (χ0v) is 11.1. The Morgan fingerprint density at radius 3 is 2.67 bits per heavy atom. The average Bonchev–Trinajstić information content (AvgIpc) is 3.02. The van der Waals surface area contributed by atoms with E-state index in [1.807, 2.05) is 42.6 Å². The summed E-state index contributed by atoms with van der Waals surface area (Å²) in [4.78, 5) is 4.34. The molecule has 0 saturated heterocycles. The number of hydrogen-bond donors (Lipinski definition) is 2. The Bertz CT molecular complexity index is 626. The summed E-state index contributed by atoms with van der Waals surface area (Å²) < 4.78 is 0. The largest absolute Gasteiger partial charge is 0.348 e. The van der Waals surface area contributed by atoms with Gasteiger partial charge in [0.05, 0.1) is 5.69 Å². The van der Waals surface area contributed by atoms with Gasteiger partial charge in [-0.3, -0.25) is 0 Å². The second kappa shape index (κ2) is 4.88. The molecule has 0 bridgehead atoms. The van der Waals surface area contributed by atoms with Crippen molar-refractivity contribution in [3.8, 4) is 10.4 Å². The monoisotopic (exact) mass is 274 g/mol. The summed E-state index contributed by atoms with van der Waals surface area (Å²) in [7, 11) is 0. The standard InChI is InChI=1S/C14H11ClN2S/c15-11-5-3-10(4-6-11)13-8-12(9-18-13)17-14-2-1-7-16-14/h1-9,16-17H. The van der Waals surface area contributed by atoms with Crippen LogP contribution in [0, 0.1) is 0 Å². The van der Waals surface area contributed by atoms with Gasteiger partial charge in [0.25, 0.3) is 0 Å². The van der Waals surface area contributed by atoms with Gasteiger partial charge in [-0.1, -0.05) is 23.7 Å². The molecule has 2 aromatic heterocycles. The molecule has 1 aromatic carbocycles. The average molecular weight is 275 g/mol. The Hall–Kier alpha value is -1.71. The van der Waals surface area contributed by atoms with Crippen LogP contribution >= 0.6 is 22.9 Å². The number of anilines is 2. The van der Waals surface area contributed by atoms with Crippen molar-refractivity contribution in [2.45, 2.75) is 0 Å². The molecule has 0 aliphatic rings. The molecule has 0 atom stereocenters. The van der Waals surface area contributed by atoms with E-state index in [4.69, 9.17) is 11.6 Å². The first-order valence-electron chi connectivity index (χ1n) is 5.56. The lowest BCUT2D eigenvalue weighted by Gasteiger charge is -1.99. The van der Waals surface area contributed by atoms with Crippen molar-refractivity contribution in [1.29, 1.82) is 0 Å². The van der Waals surface area contributed by atoms with E-state index in [0.717, 1.165) is 16.5 Å². The first-order chi connectivity index (χ1) is 8.81. The van der Waals surface area contributed by atoms with Crippen LogP contribution in [-0.2, 0) is 0 Å². The summed E-state index contributed by atoms with van der Waals surface area (Å²) >= 11 is 7.60. The van der Waals surface area contributed by atoms with Crippen molar-refractivity contribution in [2.75, 3.05) is 5.32 Å². The molecule has 3 rings (SSSR count). The molecule has 0 fully saturated rings. The molecule has 0 spiro atoms. The number of H-pyrrole nitrogens is 1. The molecule has 90 valence electrons. The molecule has 0 unspecified atom stereocenters. The number of thiophene rings is 1. The third-order valence-corrected chi connectivity index (χ3v) is 3.84. The number of benzene rings is 1. The lowest BCUT2D eigenvalue weighted by atomic mass is 10.2. The van der Waals surface area contributed by atoms with E-state index < -0.39 is 0 Å². The molecule has 2 nitrogen and oxygen atoms in total. The highest BCUT2D eigenvalue weighted by Crippen LogP contribution is 2.31. The highest BCUT2D eigenvalue weighted by atomic mass is 35.5. The summed E-state index contributed by atoms with van der Waals surface area (Å²) in [5.74, 6) is 0.996. The summed E-state index contributed by atoms with van der Waals surface area (Å²) in [5.41, 5.74) is 2.27. The fourth-order valence-corrected chi connectivity index (χ4v) is 2.70. The predicted molar refractivity (Wildman–Crippen MR) is 78.8 cm³/mol. The van der Waals surface area contributed by atoms with Gasteiger partial charge in [0, 0.05) is 21.5 Å². The minimum Gasteiger partial charge on any atom is -0.348 e. The number of aromatic nitrogens is 1. The minimum absolute atomic E-state index is 0.764. The van der Waals surface area contributed by atoms with Gasteiger partial charge in [-0.25, -0.2) is 0 Å². The van der Waals surface area contributed by atoms with Crippen LogP contribution < -0.4 is 5.32 Å². The quantitative estimate of drug-likeness (QED) is 0.680. The van der Waals surface area contributed by atoms with Crippen molar-refractivity contribution in [3.05, 3.63) is 59.1 Å². The topological polar surface area (TPSA) is 27.8 Å². The lowest BCUT2D eigenvalue weighted by Crippen LogP contribution is -1.86. The number of aromatic amines is 1. The zero-order chi connectivity index (χ0) is 12.4. The molecular formula is C14H11ClN2S. The van der Waals surface area contributed by atoms with Gasteiger partial charge < -0.3 is 10.3 Å². The Kier molecular flexibility index (Phi) is 3.09. The molecule has 0 aliphatic carbocycles. The van der Waals surface area contributed by atoms with Gasteiger partial charge in [-0.2, -0.15) is 0 Å². The summed E-state index contributed by atoms with van der Waals surface area (Å²) in [6, 6.07) is 14.0. The number of rotatable bonds is 3. The molecule has 3 aromatic rings. The van der Waals surface area contributed by atoms with Gasteiger partial charge in [-0.05, 0) is 35.9 Å². The highest BCUT2D eigenvalue weighted by Gasteiger charge is 2.03. The first kappa shape index (κ1) is 11.4. The van der Waals surface area contributed by atoms with E-state index in [1.165, 1.54) is 10.4 Å². The van der Waals surface area contributed by atoms with Crippen LogP contribution in [0.3, 0.4) is 0 Å². The third-order valence-electron chi connectivity index (χ3n) is 2.61. The summed E-state index contributed by atoms with van der Waals surface area (Å²) in [6.45, 7) is 0. The normalized spacial score (nSPS) is 10.5. The maximum atomic E-state index is 5.89. The molecule has 0 amide bonds. The van der Waals surface area contributed by atoms with Crippen LogP contribution in [0.1, 0.15) is 0 Å². The van der Waals surface area contributed by atoms with E-state index in [2.05, 4.69) is 21.7 Å². The van der Waals surface area contributed by atoms with E-state index >= 15 is 0 Å². The van der Waals surface area contributed by atoms with Crippen molar-refractivity contribution in [1.82, 2.24) is 4.98 Å². The summed E-state index contributed by atoms with van der Waals surface area (Å²) in [5, 5.41) is 6.18. The van der Waals surface area contributed by atoms with Gasteiger partial charge >= 0.3 is 0 Å². The van der Waals surface area contributed by atoms with Crippen LogP contribution in [0.2, 0.25) is 5.02 Å². The maximum Gasteiger partial charge on any atom is 0.107 e. The second-order valence-electron chi connectivity index (χ2n) is 3.92. The molecule has 18 heavy (non-hydrogen) atoms. The van der Waals surface area contributed by atoms with E-state index in [-0.39, 0.29) is 0 Å². The predicted octanol–water partition coefficient (Wildman–Crippen LogP) is 5.14. The number of nitrogens with one attached hydrogen (secondary N) is 2. The summed E-state index contributed by atoms with van der Waals surface area (Å²) in [6.07, 6.45) is 1.90. The van der Waals surface area contributed by atoms with Crippen LogP contribution in [0.5, 0.6) is 0 Å². The zero-order valence-electron chi connectivity index (χ0n) is 9.48. The van der Waals surface area contributed by atoms with Crippen LogP contribution in [0.15, 0.2) is 54.0 Å². The first-order valence-corrected chi connectivity index (χ1v) is 6.82. The van der Waals surface area contributed by atoms with E-state index in [0.29, 0.717) is 0 Å². The third kappa shape index (κ3) is 2.42. The molecule has 2 heterocycles. The SMILES string of the molecule is Clc1ccc(-c2cc(Nc3ccc[nH]3)cs2)cc1. The number of halogens is 1. The van der Waals surface area contributed by atoms with Crippen LogP contribution in [0.4, 0.5) is 11.5 Å². The molecule has 2 N–H and O–H groups in total. The second-order valence-corrected chi connectivity index (χ2v) is 5.26. The van der Waals surface area contributed by atoms with Gasteiger partial charge in [0.2, 0.25) is 0 Å². The molecule has 4 heteroatoms. The smallest absolute Gasteiger partial charge is 0.107 e. The Balaban J connectivity index is 1.83.